The van der Waals surface area contributed by atoms with Crippen LogP contribution in [0.2, 0.25) is 0 Å². The van der Waals surface area contributed by atoms with Crippen molar-refractivity contribution in [3.8, 4) is 5.75 Å². The summed E-state index contributed by atoms with van der Waals surface area (Å²) in [6.45, 7) is 0.981. The average Bonchev–Trinajstić information content (AvgIpc) is 3.15. The number of amides is 1. The number of hydrogen-bond acceptors (Lipinski definition) is 8. The number of carbonyl (C=O) groups excluding carboxylic acids is 1. The number of alkyl halides is 3. The van der Waals surface area contributed by atoms with Gasteiger partial charge in [0.25, 0.3) is 5.91 Å². The van der Waals surface area contributed by atoms with Crippen LogP contribution in [0.15, 0.2) is 42.7 Å². The third kappa shape index (κ3) is 5.72. The van der Waals surface area contributed by atoms with Gasteiger partial charge < -0.3 is 31.2 Å². The molecule has 2 aromatic rings. The summed E-state index contributed by atoms with van der Waals surface area (Å²) in [5.41, 5.74) is 5.67. The van der Waals surface area contributed by atoms with Crippen LogP contribution in [0.5, 0.6) is 5.75 Å². The quantitative estimate of drug-likeness (QED) is 0.242. The molecule has 1 amide bonds. The van der Waals surface area contributed by atoms with E-state index in [9.17, 15) is 18.7 Å². The third-order valence-corrected chi connectivity index (χ3v) is 4.63. The molecule has 0 saturated carbocycles. The van der Waals surface area contributed by atoms with Crippen LogP contribution in [-0.4, -0.2) is 40.8 Å². The SMILES string of the molecule is N/C=C(\NN)c1cc(C(=O)Nc2ccc(OC(F)(F)Cl)cc2)cnc1N1CC[C@@H](O)C1. The Morgan fingerprint density at radius 3 is 2.65 bits per heavy atom. The first-order chi connectivity index (χ1) is 14.7. The molecular formula is C19H21ClF2N6O3. The first-order valence-electron chi connectivity index (χ1n) is 9.19. The number of carbonyl (C=O) groups is 1. The van der Waals surface area contributed by atoms with E-state index in [4.69, 9.17) is 23.2 Å². The van der Waals surface area contributed by atoms with E-state index in [2.05, 4.69) is 20.5 Å². The van der Waals surface area contributed by atoms with E-state index < -0.39 is 17.6 Å². The number of aliphatic hydroxyl groups is 1. The van der Waals surface area contributed by atoms with Crippen molar-refractivity contribution in [3.05, 3.63) is 53.9 Å². The van der Waals surface area contributed by atoms with Gasteiger partial charge in [-0.25, -0.2) is 4.98 Å². The lowest BCUT2D eigenvalue weighted by atomic mass is 10.1. The fraction of sp³-hybridized carbons (Fsp3) is 0.263. The molecule has 0 aliphatic carbocycles. The van der Waals surface area contributed by atoms with Crippen LogP contribution in [0, 0.1) is 0 Å². The number of anilines is 2. The number of nitrogens with one attached hydrogen (secondary N) is 2. The molecule has 1 aliphatic rings. The van der Waals surface area contributed by atoms with Crippen molar-refractivity contribution in [2.75, 3.05) is 23.3 Å². The number of nitrogens with two attached hydrogens (primary N) is 2. The van der Waals surface area contributed by atoms with Gasteiger partial charge in [-0.05, 0) is 36.8 Å². The molecule has 1 aromatic heterocycles. The second kappa shape index (κ2) is 9.33. The molecule has 7 N–H and O–H groups in total. The summed E-state index contributed by atoms with van der Waals surface area (Å²) in [5.74, 6) is 5.41. The van der Waals surface area contributed by atoms with Crippen molar-refractivity contribution in [3.63, 3.8) is 0 Å². The molecule has 0 unspecified atom stereocenters. The Hall–Kier alpha value is -3.15. The van der Waals surface area contributed by atoms with Crippen molar-refractivity contribution in [2.24, 2.45) is 11.6 Å². The number of β-amino-alcohol motifs (C(OH)–C–C–N with tert-alkyl or cyclic N) is 1. The van der Waals surface area contributed by atoms with Crippen molar-refractivity contribution in [2.45, 2.75) is 18.1 Å². The van der Waals surface area contributed by atoms with E-state index >= 15 is 0 Å². The maximum absolute atomic E-state index is 12.7. The van der Waals surface area contributed by atoms with Crippen LogP contribution in [0.3, 0.4) is 0 Å². The topological polar surface area (TPSA) is 139 Å². The number of aromatic nitrogens is 1. The summed E-state index contributed by atoms with van der Waals surface area (Å²) in [6, 6.07) is 6.82. The van der Waals surface area contributed by atoms with E-state index in [1.54, 1.807) is 6.07 Å². The number of rotatable bonds is 7. The number of nitrogens with zero attached hydrogens (tertiary/aromatic N) is 2. The molecule has 3 rings (SSSR count). The molecule has 1 aromatic carbocycles. The monoisotopic (exact) mass is 454 g/mol. The van der Waals surface area contributed by atoms with Gasteiger partial charge in [0.2, 0.25) is 0 Å². The molecular weight excluding hydrogens is 434 g/mol. The highest BCUT2D eigenvalue weighted by atomic mass is 35.5. The zero-order chi connectivity index (χ0) is 22.6. The predicted molar refractivity (Wildman–Crippen MR) is 112 cm³/mol. The lowest BCUT2D eigenvalue weighted by Crippen LogP contribution is -2.27. The van der Waals surface area contributed by atoms with Gasteiger partial charge in [0, 0.05) is 48.3 Å². The average molecular weight is 455 g/mol. The number of pyridine rings is 1. The Bertz CT molecular complexity index is 968. The van der Waals surface area contributed by atoms with Crippen LogP contribution in [0.1, 0.15) is 22.3 Å². The van der Waals surface area contributed by atoms with Gasteiger partial charge in [0.1, 0.15) is 11.6 Å². The molecule has 1 saturated heterocycles. The van der Waals surface area contributed by atoms with Crippen LogP contribution in [-0.2, 0) is 0 Å². The Morgan fingerprint density at radius 2 is 2.10 bits per heavy atom. The molecule has 12 heteroatoms. The molecule has 2 heterocycles. The highest BCUT2D eigenvalue weighted by Crippen LogP contribution is 2.28. The lowest BCUT2D eigenvalue weighted by molar-refractivity contribution is -0.0964. The van der Waals surface area contributed by atoms with E-state index in [0.717, 1.165) is 0 Å². The fourth-order valence-electron chi connectivity index (χ4n) is 3.12. The molecule has 1 aliphatic heterocycles. The van der Waals surface area contributed by atoms with Gasteiger partial charge in [-0.3, -0.25) is 10.6 Å². The summed E-state index contributed by atoms with van der Waals surface area (Å²) in [5, 5.41) is 12.5. The van der Waals surface area contributed by atoms with Crippen LogP contribution >= 0.6 is 11.6 Å². The standard InChI is InChI=1S/C19H21ClF2N6O3/c20-19(21,22)31-14-3-1-12(2-4-14)26-18(30)11-7-15(16(8-23)27-24)17(25-9-11)28-6-5-13(29)10-28/h1-4,7-9,13,27,29H,5-6,10,23-24H2,(H,26,30)/b16-8-/t13-/m1/s1. The largest absolute Gasteiger partial charge is 0.487 e. The normalized spacial score (nSPS) is 16.9. The Morgan fingerprint density at radius 1 is 1.39 bits per heavy atom. The van der Waals surface area contributed by atoms with Gasteiger partial charge >= 0.3 is 5.57 Å². The van der Waals surface area contributed by atoms with Gasteiger partial charge in [-0.15, -0.1) is 8.78 Å². The van der Waals surface area contributed by atoms with Gasteiger partial charge in [-0.2, -0.15) is 0 Å². The second-order valence-corrected chi connectivity index (χ2v) is 7.17. The smallest absolute Gasteiger partial charge is 0.420 e. The molecule has 166 valence electrons. The Labute approximate surface area is 181 Å². The minimum absolute atomic E-state index is 0.161. The first kappa shape index (κ1) is 22.5. The summed E-state index contributed by atoms with van der Waals surface area (Å²) in [7, 11) is 0. The summed E-state index contributed by atoms with van der Waals surface area (Å²) >= 11 is 4.73. The minimum Gasteiger partial charge on any atom is -0.420 e. The molecule has 0 spiro atoms. The molecule has 9 nitrogen and oxygen atoms in total. The fourth-order valence-corrected chi connectivity index (χ4v) is 3.21. The second-order valence-electron chi connectivity index (χ2n) is 6.73. The van der Waals surface area contributed by atoms with E-state index in [1.165, 1.54) is 36.7 Å². The highest BCUT2D eigenvalue weighted by molar-refractivity contribution is 6.20. The number of hydrazine groups is 1. The first-order valence-corrected chi connectivity index (χ1v) is 9.57. The van der Waals surface area contributed by atoms with Gasteiger partial charge in [0.05, 0.1) is 17.4 Å². The number of aliphatic hydroxyl groups excluding tert-OH is 1. The Kier molecular flexibility index (Phi) is 6.78. The zero-order valence-electron chi connectivity index (χ0n) is 16.2. The Balaban J connectivity index is 1.81. The number of halogens is 3. The molecule has 1 fully saturated rings. The van der Waals surface area contributed by atoms with Gasteiger partial charge in [0.15, 0.2) is 0 Å². The highest BCUT2D eigenvalue weighted by Gasteiger charge is 2.28. The lowest BCUT2D eigenvalue weighted by Gasteiger charge is -2.21. The molecule has 1 atom stereocenters. The predicted octanol–water partition coefficient (Wildman–Crippen LogP) is 1.79. The molecule has 0 bridgehead atoms. The van der Waals surface area contributed by atoms with E-state index in [0.29, 0.717) is 42.3 Å². The minimum atomic E-state index is -3.83. The molecule has 31 heavy (non-hydrogen) atoms. The molecule has 0 radical (unpaired) electrons. The van der Waals surface area contributed by atoms with Crippen LogP contribution in [0.25, 0.3) is 5.70 Å². The number of ether oxygens (including phenoxy) is 1. The van der Waals surface area contributed by atoms with Gasteiger partial charge in [-0.1, -0.05) is 0 Å². The summed E-state index contributed by atoms with van der Waals surface area (Å²) < 4.78 is 29.6. The number of benzene rings is 1. The van der Waals surface area contributed by atoms with E-state index in [-0.39, 0.29) is 11.3 Å². The number of hydrogen-bond donors (Lipinski definition) is 5. The van der Waals surface area contributed by atoms with Crippen molar-refractivity contribution >= 4 is 34.7 Å². The van der Waals surface area contributed by atoms with E-state index in [1.807, 2.05) is 4.90 Å². The van der Waals surface area contributed by atoms with Crippen LogP contribution < -0.4 is 32.0 Å². The maximum Gasteiger partial charge on any atom is 0.487 e. The zero-order valence-corrected chi connectivity index (χ0v) is 16.9. The third-order valence-electron chi connectivity index (χ3n) is 4.55. The summed E-state index contributed by atoms with van der Waals surface area (Å²) in [6.07, 6.45) is 2.76. The maximum atomic E-state index is 12.7. The van der Waals surface area contributed by atoms with Crippen molar-refractivity contribution < 1.29 is 23.4 Å². The van der Waals surface area contributed by atoms with Crippen LogP contribution in [0.4, 0.5) is 20.3 Å². The van der Waals surface area contributed by atoms with Crippen molar-refractivity contribution in [1.82, 2.24) is 10.4 Å². The van der Waals surface area contributed by atoms with Crippen molar-refractivity contribution in [1.29, 1.82) is 0 Å². The summed E-state index contributed by atoms with van der Waals surface area (Å²) in [4.78, 5) is 18.9.